The monoisotopic (exact) mass is 263 g/mol. The molecule has 2 aromatic rings. The Kier molecular flexibility index (Phi) is 4.01. The lowest BCUT2D eigenvalue weighted by Gasteiger charge is -2.12. The highest BCUT2D eigenvalue weighted by atomic mass is 16.5. The molecule has 0 radical (unpaired) electrons. The molecule has 1 heterocycles. The van der Waals surface area contributed by atoms with Crippen LogP contribution in [0.15, 0.2) is 16.7 Å². The van der Waals surface area contributed by atoms with Gasteiger partial charge in [0.1, 0.15) is 11.5 Å². The van der Waals surface area contributed by atoms with E-state index in [-0.39, 0.29) is 0 Å². The number of aromatic nitrogens is 2. The fourth-order valence-corrected chi connectivity index (χ4v) is 1.92. The van der Waals surface area contributed by atoms with Crippen molar-refractivity contribution < 1.29 is 14.0 Å². The van der Waals surface area contributed by atoms with E-state index in [0.717, 1.165) is 16.9 Å². The Morgan fingerprint density at radius 2 is 2.05 bits per heavy atom. The molecule has 6 nitrogen and oxygen atoms in total. The summed E-state index contributed by atoms with van der Waals surface area (Å²) in [5, 5.41) is 3.95. The Morgan fingerprint density at radius 1 is 1.26 bits per heavy atom. The Labute approximate surface area is 111 Å². The van der Waals surface area contributed by atoms with Crippen LogP contribution >= 0.6 is 0 Å². The average Bonchev–Trinajstić information content (AvgIpc) is 2.87. The molecule has 1 aromatic heterocycles. The van der Waals surface area contributed by atoms with Crippen molar-refractivity contribution in [1.29, 1.82) is 0 Å². The third-order valence-corrected chi connectivity index (χ3v) is 2.85. The van der Waals surface area contributed by atoms with Gasteiger partial charge in [0.2, 0.25) is 11.7 Å². The number of rotatable bonds is 5. The highest BCUT2D eigenvalue weighted by Crippen LogP contribution is 2.36. The molecule has 0 aliphatic rings. The SMILES string of the molecule is COc1ccc(-c2noc(CCN)n2)c(OC)c1C. The Bertz CT molecular complexity index is 566. The van der Waals surface area contributed by atoms with Crippen molar-refractivity contribution in [3.05, 3.63) is 23.6 Å². The smallest absolute Gasteiger partial charge is 0.228 e. The van der Waals surface area contributed by atoms with E-state index in [4.69, 9.17) is 19.7 Å². The van der Waals surface area contributed by atoms with Crippen LogP contribution in [0.4, 0.5) is 0 Å². The minimum absolute atomic E-state index is 0.473. The van der Waals surface area contributed by atoms with Crippen LogP contribution < -0.4 is 15.2 Å². The van der Waals surface area contributed by atoms with Gasteiger partial charge in [-0.05, 0) is 19.1 Å². The fourth-order valence-electron chi connectivity index (χ4n) is 1.92. The number of ether oxygens (including phenoxy) is 2. The normalized spacial score (nSPS) is 10.5. The predicted molar refractivity (Wildman–Crippen MR) is 70.3 cm³/mol. The summed E-state index contributed by atoms with van der Waals surface area (Å²) < 4.78 is 15.8. The molecule has 0 aliphatic heterocycles. The molecular weight excluding hydrogens is 246 g/mol. The maximum atomic E-state index is 5.46. The van der Waals surface area contributed by atoms with Crippen molar-refractivity contribution >= 4 is 0 Å². The molecule has 1 aromatic carbocycles. The third-order valence-electron chi connectivity index (χ3n) is 2.85. The molecule has 0 saturated carbocycles. The second-order valence-electron chi connectivity index (χ2n) is 4.02. The van der Waals surface area contributed by atoms with Crippen molar-refractivity contribution in [3.8, 4) is 22.9 Å². The van der Waals surface area contributed by atoms with Crippen LogP contribution in [0.1, 0.15) is 11.5 Å². The maximum absolute atomic E-state index is 5.46. The van der Waals surface area contributed by atoms with Gasteiger partial charge in [0.15, 0.2) is 0 Å². The summed E-state index contributed by atoms with van der Waals surface area (Å²) in [6.07, 6.45) is 0.560. The second-order valence-corrected chi connectivity index (χ2v) is 4.02. The van der Waals surface area contributed by atoms with Crippen LogP contribution in [0.3, 0.4) is 0 Å². The molecule has 0 spiro atoms. The molecule has 0 amide bonds. The van der Waals surface area contributed by atoms with Crippen LogP contribution in [0, 0.1) is 6.92 Å². The largest absolute Gasteiger partial charge is 0.496 e. The van der Waals surface area contributed by atoms with Crippen molar-refractivity contribution in [2.24, 2.45) is 5.73 Å². The van der Waals surface area contributed by atoms with Crippen LogP contribution in [0.5, 0.6) is 11.5 Å². The Morgan fingerprint density at radius 3 is 2.68 bits per heavy atom. The van der Waals surface area contributed by atoms with Gasteiger partial charge in [0, 0.05) is 18.5 Å². The standard InChI is InChI=1S/C13H17N3O3/c1-8-10(17-2)5-4-9(12(8)18-3)13-15-11(6-7-14)19-16-13/h4-5H,6-7,14H2,1-3H3. The van der Waals surface area contributed by atoms with E-state index in [2.05, 4.69) is 10.1 Å². The number of methoxy groups -OCH3 is 2. The lowest BCUT2D eigenvalue weighted by molar-refractivity contribution is 0.378. The molecule has 0 atom stereocenters. The zero-order valence-electron chi connectivity index (χ0n) is 11.3. The van der Waals surface area contributed by atoms with Crippen molar-refractivity contribution in [1.82, 2.24) is 10.1 Å². The number of nitrogens with two attached hydrogens (primary N) is 1. The van der Waals surface area contributed by atoms with E-state index in [0.29, 0.717) is 30.4 Å². The van der Waals surface area contributed by atoms with Crippen LogP contribution in [-0.4, -0.2) is 30.9 Å². The minimum atomic E-state index is 0.473. The molecule has 2 N–H and O–H groups in total. The zero-order chi connectivity index (χ0) is 13.8. The molecule has 0 bridgehead atoms. The first-order valence-electron chi connectivity index (χ1n) is 5.95. The molecule has 0 fully saturated rings. The number of hydrogen-bond donors (Lipinski definition) is 1. The lowest BCUT2D eigenvalue weighted by Crippen LogP contribution is -2.02. The number of benzene rings is 1. The first kappa shape index (κ1) is 13.4. The highest BCUT2D eigenvalue weighted by molar-refractivity contribution is 5.68. The van der Waals surface area contributed by atoms with Gasteiger partial charge >= 0.3 is 0 Å². The van der Waals surface area contributed by atoms with E-state index in [9.17, 15) is 0 Å². The maximum Gasteiger partial charge on any atom is 0.228 e. The van der Waals surface area contributed by atoms with Crippen molar-refractivity contribution in [2.45, 2.75) is 13.3 Å². The van der Waals surface area contributed by atoms with Gasteiger partial charge in [-0.15, -0.1) is 0 Å². The van der Waals surface area contributed by atoms with Gasteiger partial charge in [0.05, 0.1) is 19.8 Å². The second kappa shape index (κ2) is 5.71. The van der Waals surface area contributed by atoms with E-state index < -0.39 is 0 Å². The van der Waals surface area contributed by atoms with Gasteiger partial charge in [-0.1, -0.05) is 5.16 Å². The molecule has 0 aliphatic carbocycles. The summed E-state index contributed by atoms with van der Waals surface area (Å²) in [6, 6.07) is 3.70. The molecule has 0 saturated heterocycles. The lowest BCUT2D eigenvalue weighted by atomic mass is 10.1. The molecule has 2 rings (SSSR count). The summed E-state index contributed by atoms with van der Waals surface area (Å²) in [4.78, 5) is 4.30. The molecular formula is C13H17N3O3. The quantitative estimate of drug-likeness (QED) is 0.881. The van der Waals surface area contributed by atoms with Crippen molar-refractivity contribution in [2.75, 3.05) is 20.8 Å². The van der Waals surface area contributed by atoms with E-state index in [1.54, 1.807) is 14.2 Å². The fraction of sp³-hybridized carbons (Fsp3) is 0.385. The highest BCUT2D eigenvalue weighted by Gasteiger charge is 2.17. The molecule has 102 valence electrons. The Balaban J connectivity index is 2.46. The molecule has 19 heavy (non-hydrogen) atoms. The first-order valence-corrected chi connectivity index (χ1v) is 5.95. The summed E-state index contributed by atoms with van der Waals surface area (Å²) in [7, 11) is 3.22. The minimum Gasteiger partial charge on any atom is -0.496 e. The van der Waals surface area contributed by atoms with Gasteiger partial charge in [-0.25, -0.2) is 0 Å². The van der Waals surface area contributed by atoms with E-state index in [1.807, 2.05) is 19.1 Å². The van der Waals surface area contributed by atoms with Crippen LogP contribution in [0.25, 0.3) is 11.4 Å². The predicted octanol–water partition coefficient (Wildman–Crippen LogP) is 1.56. The summed E-state index contributed by atoms with van der Waals surface area (Å²) in [5.41, 5.74) is 7.12. The molecule has 6 heteroatoms. The van der Waals surface area contributed by atoms with E-state index in [1.165, 1.54) is 0 Å². The third kappa shape index (κ3) is 2.53. The first-order chi connectivity index (χ1) is 9.21. The van der Waals surface area contributed by atoms with Gasteiger partial charge in [-0.3, -0.25) is 0 Å². The van der Waals surface area contributed by atoms with Gasteiger partial charge in [-0.2, -0.15) is 4.98 Å². The summed E-state index contributed by atoms with van der Waals surface area (Å²) in [6.45, 7) is 2.39. The number of nitrogens with zero attached hydrogens (tertiary/aromatic N) is 2. The number of hydrogen-bond acceptors (Lipinski definition) is 6. The van der Waals surface area contributed by atoms with Crippen LogP contribution in [-0.2, 0) is 6.42 Å². The zero-order valence-corrected chi connectivity index (χ0v) is 11.3. The summed E-state index contributed by atoms with van der Waals surface area (Å²) in [5.74, 6) is 2.45. The average molecular weight is 263 g/mol. The van der Waals surface area contributed by atoms with E-state index >= 15 is 0 Å². The van der Waals surface area contributed by atoms with Gasteiger partial charge < -0.3 is 19.7 Å². The molecule has 0 unspecified atom stereocenters. The topological polar surface area (TPSA) is 83.4 Å². The van der Waals surface area contributed by atoms with Crippen molar-refractivity contribution in [3.63, 3.8) is 0 Å². The van der Waals surface area contributed by atoms with Crippen LogP contribution in [0.2, 0.25) is 0 Å². The summed E-state index contributed by atoms with van der Waals surface area (Å²) >= 11 is 0. The van der Waals surface area contributed by atoms with Gasteiger partial charge in [0.25, 0.3) is 0 Å². The Hall–Kier alpha value is -2.08.